The molecule has 0 saturated carbocycles. The maximum Gasteiger partial charge on any atom is 0.471 e. The number of benzene rings is 1. The van der Waals surface area contributed by atoms with E-state index < -0.39 is 12.1 Å². The van der Waals surface area contributed by atoms with Crippen LogP contribution >= 0.6 is 0 Å². The number of nitrogens with zero attached hydrogens (tertiary/aromatic N) is 1. The second kappa shape index (κ2) is 8.12. The van der Waals surface area contributed by atoms with Crippen molar-refractivity contribution < 1.29 is 22.7 Å². The van der Waals surface area contributed by atoms with Gasteiger partial charge in [-0.05, 0) is 36.3 Å². The van der Waals surface area contributed by atoms with Crippen LogP contribution in [0.15, 0.2) is 24.4 Å². The summed E-state index contributed by atoms with van der Waals surface area (Å²) in [5, 5.41) is 7.19. The number of halogens is 3. The van der Waals surface area contributed by atoms with Gasteiger partial charge < -0.3 is 15.4 Å². The zero-order valence-electron chi connectivity index (χ0n) is 15.0. The number of hydrogen-bond acceptors (Lipinski definition) is 4. The van der Waals surface area contributed by atoms with E-state index in [0.29, 0.717) is 18.8 Å². The first-order chi connectivity index (χ1) is 12.9. The van der Waals surface area contributed by atoms with Gasteiger partial charge in [0.2, 0.25) is 0 Å². The van der Waals surface area contributed by atoms with E-state index in [0.717, 1.165) is 41.4 Å². The largest absolute Gasteiger partial charge is 0.471 e. The van der Waals surface area contributed by atoms with Gasteiger partial charge in [-0.3, -0.25) is 9.78 Å². The lowest BCUT2D eigenvalue weighted by Gasteiger charge is -2.26. The lowest BCUT2D eigenvalue weighted by Crippen LogP contribution is -2.36. The molecule has 0 bridgehead atoms. The highest BCUT2D eigenvalue weighted by molar-refractivity contribution is 5.95. The van der Waals surface area contributed by atoms with Crippen LogP contribution in [0.4, 0.5) is 18.9 Å². The molecule has 2 heterocycles. The lowest BCUT2D eigenvalue weighted by atomic mass is 10.0. The SMILES string of the molecule is CCc1cc2ccc(CNC(=O)C(F)(F)F)c(NC3CCOCC3)c2cn1. The summed E-state index contributed by atoms with van der Waals surface area (Å²) in [6, 6.07) is 5.73. The van der Waals surface area contributed by atoms with E-state index in [1.165, 1.54) is 0 Å². The topological polar surface area (TPSA) is 63.2 Å². The van der Waals surface area contributed by atoms with E-state index >= 15 is 0 Å². The number of ether oxygens (including phenoxy) is 1. The first kappa shape index (κ1) is 19.4. The van der Waals surface area contributed by atoms with Gasteiger partial charge in [0, 0.05) is 48.8 Å². The number of amides is 1. The fraction of sp³-hybridized carbons (Fsp3) is 0.474. The van der Waals surface area contributed by atoms with Crippen molar-refractivity contribution in [2.75, 3.05) is 18.5 Å². The first-order valence-electron chi connectivity index (χ1n) is 8.98. The molecule has 0 spiro atoms. The predicted molar refractivity (Wildman–Crippen MR) is 96.5 cm³/mol. The maximum atomic E-state index is 12.5. The van der Waals surface area contributed by atoms with E-state index in [4.69, 9.17) is 4.74 Å². The molecule has 8 heteroatoms. The number of hydrogen-bond donors (Lipinski definition) is 2. The van der Waals surface area contributed by atoms with E-state index in [-0.39, 0.29) is 12.6 Å². The standard InChI is InChI=1S/C19H22F3N3O2/c1-2-14-9-12-3-4-13(10-24-18(26)19(20,21)22)17(16(12)11-23-14)25-15-5-7-27-8-6-15/h3-4,9,11,15,25H,2,5-8,10H2,1H3,(H,24,26). The predicted octanol–water partition coefficient (Wildman–Crippen LogP) is 3.57. The Bertz CT molecular complexity index is 818. The number of aryl methyl sites for hydroxylation is 1. The van der Waals surface area contributed by atoms with E-state index in [9.17, 15) is 18.0 Å². The Morgan fingerprint density at radius 1 is 1.30 bits per heavy atom. The molecule has 27 heavy (non-hydrogen) atoms. The van der Waals surface area contributed by atoms with Gasteiger partial charge in [-0.1, -0.05) is 19.1 Å². The van der Waals surface area contributed by atoms with Gasteiger partial charge >= 0.3 is 12.1 Å². The summed E-state index contributed by atoms with van der Waals surface area (Å²) in [5.74, 6) is -1.95. The van der Waals surface area contributed by atoms with Crippen molar-refractivity contribution in [2.24, 2.45) is 0 Å². The van der Waals surface area contributed by atoms with Gasteiger partial charge in [0.25, 0.3) is 0 Å². The third-order valence-corrected chi connectivity index (χ3v) is 4.68. The van der Waals surface area contributed by atoms with Crippen LogP contribution < -0.4 is 10.6 Å². The third-order valence-electron chi connectivity index (χ3n) is 4.68. The molecule has 0 atom stereocenters. The van der Waals surface area contributed by atoms with E-state index in [1.54, 1.807) is 12.3 Å². The monoisotopic (exact) mass is 381 g/mol. The van der Waals surface area contributed by atoms with Crippen molar-refractivity contribution in [2.45, 2.75) is 44.9 Å². The minimum Gasteiger partial charge on any atom is -0.381 e. The molecule has 1 aliphatic heterocycles. The van der Waals surface area contributed by atoms with Crippen LogP contribution in [0, 0.1) is 0 Å². The zero-order chi connectivity index (χ0) is 19.4. The Morgan fingerprint density at radius 3 is 2.70 bits per heavy atom. The van der Waals surface area contributed by atoms with Gasteiger partial charge in [-0.15, -0.1) is 0 Å². The zero-order valence-corrected chi connectivity index (χ0v) is 15.0. The molecule has 1 amide bonds. The summed E-state index contributed by atoms with van der Waals surface area (Å²) in [6.07, 6.45) is -0.744. The smallest absolute Gasteiger partial charge is 0.381 e. The molecule has 2 N–H and O–H groups in total. The molecule has 0 unspecified atom stereocenters. The van der Waals surface area contributed by atoms with E-state index in [1.807, 2.05) is 24.4 Å². The van der Waals surface area contributed by atoms with Crippen molar-refractivity contribution in [3.8, 4) is 0 Å². The Kier molecular flexibility index (Phi) is 5.84. The lowest BCUT2D eigenvalue weighted by molar-refractivity contribution is -0.173. The van der Waals surface area contributed by atoms with Crippen LogP contribution in [-0.4, -0.2) is 36.3 Å². The molecule has 1 aliphatic rings. The molecule has 3 rings (SSSR count). The minimum atomic E-state index is -4.90. The molecule has 1 fully saturated rings. The normalized spacial score (nSPS) is 15.7. The highest BCUT2D eigenvalue weighted by atomic mass is 19.4. The molecule has 1 saturated heterocycles. The molecule has 146 valence electrons. The number of aromatic nitrogens is 1. The van der Waals surface area contributed by atoms with Gasteiger partial charge in [0.15, 0.2) is 0 Å². The highest BCUT2D eigenvalue weighted by Crippen LogP contribution is 2.30. The van der Waals surface area contributed by atoms with Gasteiger partial charge in [-0.25, -0.2) is 0 Å². The van der Waals surface area contributed by atoms with Crippen molar-refractivity contribution in [1.82, 2.24) is 10.3 Å². The number of fused-ring (bicyclic) bond motifs is 1. The Labute approximate surface area is 155 Å². The third kappa shape index (κ3) is 4.68. The summed E-state index contributed by atoms with van der Waals surface area (Å²) in [7, 11) is 0. The quantitative estimate of drug-likeness (QED) is 0.831. The van der Waals surface area contributed by atoms with Crippen LogP contribution in [-0.2, 0) is 22.5 Å². The number of rotatable bonds is 5. The molecule has 0 radical (unpaired) electrons. The van der Waals surface area contributed by atoms with E-state index in [2.05, 4.69) is 10.3 Å². The Hall–Kier alpha value is -2.35. The van der Waals surface area contributed by atoms with Crippen molar-refractivity contribution in [3.63, 3.8) is 0 Å². The second-order valence-corrected chi connectivity index (χ2v) is 6.56. The van der Waals surface area contributed by atoms with Crippen LogP contribution in [0.2, 0.25) is 0 Å². The van der Waals surface area contributed by atoms with Crippen molar-refractivity contribution in [3.05, 3.63) is 35.7 Å². The van der Waals surface area contributed by atoms with Crippen LogP contribution in [0.3, 0.4) is 0 Å². The number of nitrogens with one attached hydrogen (secondary N) is 2. The van der Waals surface area contributed by atoms with Crippen LogP contribution in [0.1, 0.15) is 31.0 Å². The number of carbonyl (C=O) groups is 1. The first-order valence-corrected chi connectivity index (χ1v) is 8.98. The molecule has 0 aliphatic carbocycles. The van der Waals surface area contributed by atoms with Crippen molar-refractivity contribution in [1.29, 1.82) is 0 Å². The number of alkyl halides is 3. The van der Waals surface area contributed by atoms with Gasteiger partial charge in [0.05, 0.1) is 0 Å². The van der Waals surface area contributed by atoms with Crippen molar-refractivity contribution >= 4 is 22.4 Å². The molecule has 1 aromatic heterocycles. The maximum absolute atomic E-state index is 12.5. The average molecular weight is 381 g/mol. The van der Waals surface area contributed by atoms with Crippen LogP contribution in [0.25, 0.3) is 10.8 Å². The summed E-state index contributed by atoms with van der Waals surface area (Å²) >= 11 is 0. The van der Waals surface area contributed by atoms with Crippen LogP contribution in [0.5, 0.6) is 0 Å². The molecule has 5 nitrogen and oxygen atoms in total. The molecule has 1 aromatic carbocycles. The summed E-state index contributed by atoms with van der Waals surface area (Å²) in [6.45, 7) is 3.08. The molecular formula is C19H22F3N3O2. The molecular weight excluding hydrogens is 359 g/mol. The average Bonchev–Trinajstić information content (AvgIpc) is 2.66. The summed E-state index contributed by atoms with van der Waals surface area (Å²) < 4.78 is 42.9. The number of pyridine rings is 1. The fourth-order valence-electron chi connectivity index (χ4n) is 3.14. The number of anilines is 1. The Morgan fingerprint density at radius 2 is 2.04 bits per heavy atom. The minimum absolute atomic E-state index is 0.160. The van der Waals surface area contributed by atoms with Gasteiger partial charge in [-0.2, -0.15) is 13.2 Å². The summed E-state index contributed by atoms with van der Waals surface area (Å²) in [4.78, 5) is 15.6. The second-order valence-electron chi connectivity index (χ2n) is 6.56. The highest BCUT2D eigenvalue weighted by Gasteiger charge is 2.38. The molecule has 2 aromatic rings. The Balaban J connectivity index is 1.92. The number of carbonyl (C=O) groups excluding carboxylic acids is 1. The summed E-state index contributed by atoms with van der Waals surface area (Å²) in [5.41, 5.74) is 2.26. The fourth-order valence-corrected chi connectivity index (χ4v) is 3.14. The van der Waals surface area contributed by atoms with Gasteiger partial charge in [0.1, 0.15) is 0 Å².